The molecule has 0 heterocycles. The molecule has 0 saturated heterocycles. The highest BCUT2D eigenvalue weighted by Crippen LogP contribution is 2.41. The molecular weight excluding hydrogens is 398 g/mol. The maximum absolute atomic E-state index is 9.79. The molecule has 0 aliphatic heterocycles. The SMILES string of the molecule is CCNC(=S)N/N=C\c1cc(OC)c(O)c(Br)c1Br. The third kappa shape index (κ3) is 4.32. The van der Waals surface area contributed by atoms with Gasteiger partial charge in [-0.15, -0.1) is 0 Å². The molecule has 0 aliphatic carbocycles. The van der Waals surface area contributed by atoms with Gasteiger partial charge in [0.05, 0.1) is 17.8 Å². The highest BCUT2D eigenvalue weighted by Gasteiger charge is 2.13. The van der Waals surface area contributed by atoms with Crippen molar-refractivity contribution in [3.63, 3.8) is 0 Å². The molecule has 0 fully saturated rings. The number of halogens is 2. The second-order valence-corrected chi connectivity index (χ2v) is 5.37. The van der Waals surface area contributed by atoms with E-state index in [4.69, 9.17) is 17.0 Å². The van der Waals surface area contributed by atoms with Crippen molar-refractivity contribution < 1.29 is 9.84 Å². The van der Waals surface area contributed by atoms with Crippen LogP contribution in [-0.4, -0.2) is 30.1 Å². The summed E-state index contributed by atoms with van der Waals surface area (Å²) >= 11 is 11.6. The molecule has 19 heavy (non-hydrogen) atoms. The zero-order valence-corrected chi connectivity index (χ0v) is 14.3. The number of aromatic hydroxyl groups is 1. The second kappa shape index (κ2) is 7.66. The highest BCUT2D eigenvalue weighted by molar-refractivity contribution is 9.13. The maximum Gasteiger partial charge on any atom is 0.186 e. The van der Waals surface area contributed by atoms with Crippen LogP contribution >= 0.6 is 44.1 Å². The molecule has 5 nitrogen and oxygen atoms in total. The lowest BCUT2D eigenvalue weighted by molar-refractivity contribution is 0.371. The van der Waals surface area contributed by atoms with Crippen LogP contribution in [0.1, 0.15) is 12.5 Å². The molecule has 0 radical (unpaired) electrons. The zero-order valence-electron chi connectivity index (χ0n) is 10.3. The summed E-state index contributed by atoms with van der Waals surface area (Å²) in [4.78, 5) is 0. The van der Waals surface area contributed by atoms with Crippen molar-refractivity contribution >= 4 is 55.4 Å². The summed E-state index contributed by atoms with van der Waals surface area (Å²) in [5.41, 5.74) is 3.41. The Bertz CT molecular complexity index is 509. The largest absolute Gasteiger partial charge is 0.503 e. The third-order valence-corrected chi connectivity index (χ3v) is 4.50. The number of phenolic OH excluding ortho intramolecular Hbond substituents is 1. The molecule has 1 aromatic carbocycles. The van der Waals surface area contributed by atoms with E-state index in [1.165, 1.54) is 7.11 Å². The van der Waals surface area contributed by atoms with E-state index in [1.807, 2.05) is 6.92 Å². The molecule has 0 atom stereocenters. The van der Waals surface area contributed by atoms with Crippen molar-refractivity contribution in [1.82, 2.24) is 10.7 Å². The molecule has 1 rings (SSSR count). The van der Waals surface area contributed by atoms with Crippen LogP contribution in [0.3, 0.4) is 0 Å². The number of hydrogen-bond acceptors (Lipinski definition) is 4. The van der Waals surface area contributed by atoms with Gasteiger partial charge in [0.25, 0.3) is 0 Å². The predicted molar refractivity (Wildman–Crippen MR) is 87.1 cm³/mol. The van der Waals surface area contributed by atoms with Gasteiger partial charge < -0.3 is 15.2 Å². The number of benzene rings is 1. The number of hydrazone groups is 1. The number of ether oxygens (including phenoxy) is 1. The summed E-state index contributed by atoms with van der Waals surface area (Å²) in [6.07, 6.45) is 1.57. The van der Waals surface area contributed by atoms with Crippen LogP contribution in [0.4, 0.5) is 0 Å². The first-order valence-corrected chi connectivity index (χ1v) is 7.32. The number of hydrogen-bond donors (Lipinski definition) is 3. The molecule has 3 N–H and O–H groups in total. The van der Waals surface area contributed by atoms with Gasteiger partial charge in [0, 0.05) is 16.6 Å². The Labute approximate surface area is 133 Å². The number of methoxy groups -OCH3 is 1. The minimum Gasteiger partial charge on any atom is -0.503 e. The lowest BCUT2D eigenvalue weighted by Crippen LogP contribution is -2.31. The molecule has 0 spiro atoms. The summed E-state index contributed by atoms with van der Waals surface area (Å²) < 4.78 is 6.24. The molecular formula is C11H13Br2N3O2S. The summed E-state index contributed by atoms with van der Waals surface area (Å²) in [5.74, 6) is 0.383. The lowest BCUT2D eigenvalue weighted by Gasteiger charge is -2.09. The first kappa shape index (κ1) is 16.2. The Morgan fingerprint density at radius 2 is 2.21 bits per heavy atom. The van der Waals surface area contributed by atoms with Crippen molar-refractivity contribution in [1.29, 1.82) is 0 Å². The van der Waals surface area contributed by atoms with Crippen LogP contribution in [0, 0.1) is 0 Å². The van der Waals surface area contributed by atoms with Crippen molar-refractivity contribution in [2.45, 2.75) is 6.92 Å². The fraction of sp³-hybridized carbons (Fsp3) is 0.273. The molecule has 104 valence electrons. The van der Waals surface area contributed by atoms with E-state index in [9.17, 15) is 5.11 Å². The molecule has 0 unspecified atom stereocenters. The quantitative estimate of drug-likeness (QED) is 0.404. The summed E-state index contributed by atoms with van der Waals surface area (Å²) in [7, 11) is 1.48. The molecule has 1 aromatic rings. The molecule has 0 aliphatic rings. The minimum atomic E-state index is 0.0302. The smallest absolute Gasteiger partial charge is 0.186 e. The van der Waals surface area contributed by atoms with E-state index in [-0.39, 0.29) is 5.75 Å². The van der Waals surface area contributed by atoms with E-state index in [1.54, 1.807) is 12.3 Å². The first-order valence-electron chi connectivity index (χ1n) is 5.33. The van der Waals surface area contributed by atoms with Gasteiger partial charge in [-0.2, -0.15) is 5.10 Å². The Morgan fingerprint density at radius 3 is 2.79 bits per heavy atom. The first-order chi connectivity index (χ1) is 9.01. The second-order valence-electron chi connectivity index (χ2n) is 3.37. The van der Waals surface area contributed by atoms with Crippen LogP contribution in [0.25, 0.3) is 0 Å². The van der Waals surface area contributed by atoms with Gasteiger partial charge in [-0.1, -0.05) is 0 Å². The van der Waals surface area contributed by atoms with E-state index in [0.717, 1.165) is 12.1 Å². The minimum absolute atomic E-state index is 0.0302. The molecule has 0 aromatic heterocycles. The van der Waals surface area contributed by atoms with Crippen LogP contribution in [-0.2, 0) is 0 Å². The van der Waals surface area contributed by atoms with E-state index in [2.05, 4.69) is 47.7 Å². The van der Waals surface area contributed by atoms with Crippen molar-refractivity contribution in [3.8, 4) is 11.5 Å². The van der Waals surface area contributed by atoms with Gasteiger partial charge in [-0.3, -0.25) is 5.43 Å². The van der Waals surface area contributed by atoms with Gasteiger partial charge >= 0.3 is 0 Å². The maximum atomic E-state index is 9.79. The van der Waals surface area contributed by atoms with Gasteiger partial charge in [0.2, 0.25) is 0 Å². The summed E-state index contributed by atoms with van der Waals surface area (Å²) in [6, 6.07) is 1.66. The molecule has 8 heteroatoms. The van der Waals surface area contributed by atoms with Crippen LogP contribution < -0.4 is 15.5 Å². The fourth-order valence-electron chi connectivity index (χ4n) is 1.22. The average Bonchev–Trinajstić information content (AvgIpc) is 2.39. The standard InChI is InChI=1S/C11H13Br2N3O2S/c1-3-14-11(19)16-15-5-6-4-7(18-2)10(17)9(13)8(6)12/h4-5,17H,3H2,1-2H3,(H2,14,16,19)/b15-5-. The number of thiocarbonyl (C=S) groups is 1. The van der Waals surface area contributed by atoms with Gasteiger partial charge in [0.1, 0.15) is 0 Å². The van der Waals surface area contributed by atoms with Gasteiger partial charge in [-0.05, 0) is 57.1 Å². The monoisotopic (exact) mass is 409 g/mol. The zero-order chi connectivity index (χ0) is 14.4. The van der Waals surface area contributed by atoms with Crippen LogP contribution in [0.5, 0.6) is 11.5 Å². The number of nitrogens with one attached hydrogen (secondary N) is 2. The number of rotatable bonds is 4. The van der Waals surface area contributed by atoms with E-state index in [0.29, 0.717) is 19.8 Å². The Morgan fingerprint density at radius 1 is 1.53 bits per heavy atom. The third-order valence-electron chi connectivity index (χ3n) is 2.10. The van der Waals surface area contributed by atoms with E-state index < -0.39 is 0 Å². The summed E-state index contributed by atoms with van der Waals surface area (Å²) in [6.45, 7) is 2.67. The number of phenols is 1. The Balaban J connectivity index is 2.92. The fourth-order valence-corrected chi connectivity index (χ4v) is 2.25. The van der Waals surface area contributed by atoms with Gasteiger partial charge in [-0.25, -0.2) is 0 Å². The topological polar surface area (TPSA) is 65.9 Å². The van der Waals surface area contributed by atoms with Gasteiger partial charge in [0.15, 0.2) is 16.6 Å². The summed E-state index contributed by atoms with van der Waals surface area (Å²) in [5, 5.41) is 17.1. The molecule has 0 bridgehead atoms. The van der Waals surface area contributed by atoms with Crippen molar-refractivity contribution in [2.24, 2.45) is 5.10 Å². The molecule has 0 saturated carbocycles. The number of nitrogens with zero attached hydrogens (tertiary/aromatic N) is 1. The van der Waals surface area contributed by atoms with Crippen LogP contribution in [0.2, 0.25) is 0 Å². The lowest BCUT2D eigenvalue weighted by atomic mass is 10.2. The van der Waals surface area contributed by atoms with Crippen molar-refractivity contribution in [2.75, 3.05) is 13.7 Å². The van der Waals surface area contributed by atoms with Crippen molar-refractivity contribution in [3.05, 3.63) is 20.6 Å². The molecule has 0 amide bonds. The van der Waals surface area contributed by atoms with E-state index >= 15 is 0 Å². The Hall–Kier alpha value is -0.860. The predicted octanol–water partition coefficient (Wildman–Crippen LogP) is 2.74. The normalized spacial score (nSPS) is 10.5. The highest BCUT2D eigenvalue weighted by atomic mass is 79.9. The Kier molecular flexibility index (Phi) is 6.53. The average molecular weight is 411 g/mol. The van der Waals surface area contributed by atoms with Crippen LogP contribution in [0.15, 0.2) is 20.1 Å².